The van der Waals surface area contributed by atoms with Crippen molar-refractivity contribution in [3.8, 4) is 0 Å². The first kappa shape index (κ1) is 14.7. The highest BCUT2D eigenvalue weighted by molar-refractivity contribution is 5.97. The fraction of sp³-hybridized carbons (Fsp3) is 0.455. The van der Waals surface area contributed by atoms with E-state index in [1.807, 2.05) is 0 Å². The van der Waals surface area contributed by atoms with Crippen LogP contribution in [-0.2, 0) is 11.8 Å². The molecular weight excluding hydrogens is 252 g/mol. The molecular formula is C11H16N4O4. The second-order valence-corrected chi connectivity index (χ2v) is 4.28. The topological polar surface area (TPSA) is 113 Å². The standard InChI is InChI=1S/C6H8N2O2.C5H8N2O2/c1-4-3-8(2)6(10)7-5(4)9;1-3-2-6-5(9)7-4(3)8/h3H,1-2H3,(H,7,9,10);3H,2H2,1H3,(H2,6,7,8,9). The molecule has 1 fully saturated rings. The molecule has 0 aromatic carbocycles. The number of aromatic nitrogens is 2. The number of aryl methyl sites for hydroxylation is 2. The molecule has 19 heavy (non-hydrogen) atoms. The van der Waals surface area contributed by atoms with Gasteiger partial charge in [0.1, 0.15) is 0 Å². The Balaban J connectivity index is 0.000000191. The molecule has 2 rings (SSSR count). The minimum absolute atomic E-state index is 0.0947. The number of carbonyl (C=O) groups excluding carboxylic acids is 2. The molecule has 0 aliphatic carbocycles. The van der Waals surface area contributed by atoms with E-state index in [0.717, 1.165) is 0 Å². The summed E-state index contributed by atoms with van der Waals surface area (Å²) in [7, 11) is 1.59. The van der Waals surface area contributed by atoms with Crippen molar-refractivity contribution in [1.29, 1.82) is 0 Å². The second kappa shape index (κ2) is 5.98. The second-order valence-electron chi connectivity index (χ2n) is 4.28. The number of aromatic amines is 1. The molecule has 104 valence electrons. The van der Waals surface area contributed by atoms with Crippen molar-refractivity contribution in [3.63, 3.8) is 0 Å². The zero-order valence-corrected chi connectivity index (χ0v) is 10.9. The molecule has 1 aliphatic rings. The predicted octanol–water partition coefficient (Wildman–Crippen LogP) is -1.16. The molecule has 1 aromatic heterocycles. The normalized spacial score (nSPS) is 17.9. The van der Waals surface area contributed by atoms with Gasteiger partial charge in [-0.25, -0.2) is 9.59 Å². The third-order valence-corrected chi connectivity index (χ3v) is 2.54. The summed E-state index contributed by atoms with van der Waals surface area (Å²) in [4.78, 5) is 44.6. The quantitative estimate of drug-likeness (QED) is 0.551. The maximum Gasteiger partial charge on any atom is 0.328 e. The van der Waals surface area contributed by atoms with Crippen LogP contribution in [-0.4, -0.2) is 28.0 Å². The molecule has 8 nitrogen and oxygen atoms in total. The molecule has 1 aliphatic heterocycles. The number of hydrogen-bond donors (Lipinski definition) is 3. The number of carbonyl (C=O) groups is 2. The third-order valence-electron chi connectivity index (χ3n) is 2.54. The number of amides is 3. The highest BCUT2D eigenvalue weighted by atomic mass is 16.2. The highest BCUT2D eigenvalue weighted by Gasteiger charge is 2.20. The van der Waals surface area contributed by atoms with E-state index in [0.29, 0.717) is 12.1 Å². The van der Waals surface area contributed by atoms with Crippen molar-refractivity contribution < 1.29 is 9.59 Å². The van der Waals surface area contributed by atoms with E-state index in [1.54, 1.807) is 20.9 Å². The van der Waals surface area contributed by atoms with Crippen molar-refractivity contribution in [2.24, 2.45) is 13.0 Å². The Morgan fingerprint density at radius 1 is 1.26 bits per heavy atom. The van der Waals surface area contributed by atoms with Crippen LogP contribution in [0.1, 0.15) is 12.5 Å². The molecule has 1 saturated heterocycles. The first-order valence-corrected chi connectivity index (χ1v) is 5.66. The Labute approximate surface area is 108 Å². The van der Waals surface area contributed by atoms with Crippen molar-refractivity contribution >= 4 is 11.9 Å². The number of imide groups is 1. The lowest BCUT2D eigenvalue weighted by molar-refractivity contribution is -0.123. The van der Waals surface area contributed by atoms with Gasteiger partial charge < -0.3 is 9.88 Å². The van der Waals surface area contributed by atoms with Gasteiger partial charge in [-0.1, -0.05) is 6.92 Å². The highest BCUT2D eigenvalue weighted by Crippen LogP contribution is 1.95. The van der Waals surface area contributed by atoms with Gasteiger partial charge in [0, 0.05) is 25.4 Å². The van der Waals surface area contributed by atoms with Crippen LogP contribution < -0.4 is 21.9 Å². The van der Waals surface area contributed by atoms with Gasteiger partial charge in [0.2, 0.25) is 5.91 Å². The molecule has 3 N–H and O–H groups in total. The van der Waals surface area contributed by atoms with Crippen LogP contribution >= 0.6 is 0 Å². The predicted molar refractivity (Wildman–Crippen MR) is 67.7 cm³/mol. The Kier molecular flexibility index (Phi) is 4.62. The summed E-state index contributed by atoms with van der Waals surface area (Å²) in [5.74, 6) is -0.290. The Morgan fingerprint density at radius 3 is 2.37 bits per heavy atom. The van der Waals surface area contributed by atoms with E-state index in [-0.39, 0.29) is 23.1 Å². The molecule has 0 spiro atoms. The molecule has 8 heteroatoms. The summed E-state index contributed by atoms with van der Waals surface area (Å²) >= 11 is 0. The SMILES string of the molecule is CC1CNC(=O)NC1=O.Cc1cn(C)c(=O)[nH]c1=O. The van der Waals surface area contributed by atoms with E-state index in [4.69, 9.17) is 0 Å². The number of hydrogen-bond acceptors (Lipinski definition) is 4. The van der Waals surface area contributed by atoms with E-state index in [1.165, 1.54) is 10.8 Å². The van der Waals surface area contributed by atoms with Crippen LogP contribution in [0.5, 0.6) is 0 Å². The first-order chi connectivity index (χ1) is 8.81. The molecule has 0 saturated carbocycles. The molecule has 1 unspecified atom stereocenters. The van der Waals surface area contributed by atoms with Crippen molar-refractivity contribution in [2.45, 2.75) is 13.8 Å². The van der Waals surface area contributed by atoms with E-state index < -0.39 is 6.03 Å². The summed E-state index contributed by atoms with van der Waals surface area (Å²) in [6.45, 7) is 3.86. The van der Waals surface area contributed by atoms with Gasteiger partial charge in [0.25, 0.3) is 5.56 Å². The van der Waals surface area contributed by atoms with Crippen LogP contribution in [0.25, 0.3) is 0 Å². The van der Waals surface area contributed by atoms with Crippen molar-refractivity contribution in [2.75, 3.05) is 6.54 Å². The molecule has 0 radical (unpaired) electrons. The van der Waals surface area contributed by atoms with Gasteiger partial charge >= 0.3 is 11.7 Å². The van der Waals surface area contributed by atoms with Gasteiger partial charge in [0.05, 0.1) is 5.92 Å². The maximum atomic E-state index is 10.7. The van der Waals surface area contributed by atoms with Crippen LogP contribution in [0.3, 0.4) is 0 Å². The number of H-pyrrole nitrogens is 1. The first-order valence-electron chi connectivity index (χ1n) is 5.66. The van der Waals surface area contributed by atoms with E-state index in [2.05, 4.69) is 15.6 Å². The minimum Gasteiger partial charge on any atom is -0.337 e. The molecule has 1 atom stereocenters. The molecule has 3 amide bonds. The average Bonchev–Trinajstić information content (AvgIpc) is 2.33. The lowest BCUT2D eigenvalue weighted by Gasteiger charge is -2.17. The van der Waals surface area contributed by atoms with Crippen LogP contribution in [0.2, 0.25) is 0 Å². The number of urea groups is 1. The minimum atomic E-state index is -0.391. The maximum absolute atomic E-state index is 10.7. The third kappa shape index (κ3) is 4.09. The lowest BCUT2D eigenvalue weighted by atomic mass is 10.1. The van der Waals surface area contributed by atoms with Gasteiger partial charge in [-0.05, 0) is 6.92 Å². The summed E-state index contributed by atoms with van der Waals surface area (Å²) in [6, 6.07) is -0.391. The van der Waals surface area contributed by atoms with E-state index in [9.17, 15) is 19.2 Å². The fourth-order valence-corrected chi connectivity index (χ4v) is 1.31. The van der Waals surface area contributed by atoms with Gasteiger partial charge in [0.15, 0.2) is 0 Å². The van der Waals surface area contributed by atoms with Crippen LogP contribution in [0.4, 0.5) is 4.79 Å². The number of nitrogens with one attached hydrogen (secondary N) is 3. The average molecular weight is 268 g/mol. The summed E-state index contributed by atoms with van der Waals surface area (Å²) in [5.41, 5.74) is -0.152. The Hall–Kier alpha value is -2.38. The fourth-order valence-electron chi connectivity index (χ4n) is 1.31. The molecule has 1 aromatic rings. The zero-order valence-electron chi connectivity index (χ0n) is 10.9. The Morgan fingerprint density at radius 2 is 1.89 bits per heavy atom. The molecule has 0 bridgehead atoms. The number of nitrogens with zero attached hydrogens (tertiary/aromatic N) is 1. The summed E-state index contributed by atoms with van der Waals surface area (Å²) < 4.78 is 1.33. The van der Waals surface area contributed by atoms with E-state index >= 15 is 0 Å². The largest absolute Gasteiger partial charge is 0.337 e. The van der Waals surface area contributed by atoms with Gasteiger partial charge in [-0.15, -0.1) is 0 Å². The smallest absolute Gasteiger partial charge is 0.328 e. The number of rotatable bonds is 0. The lowest BCUT2D eigenvalue weighted by Crippen LogP contribution is -2.51. The van der Waals surface area contributed by atoms with Gasteiger partial charge in [-0.3, -0.25) is 19.9 Å². The Bertz CT molecular complexity index is 570. The van der Waals surface area contributed by atoms with Crippen LogP contribution in [0, 0.1) is 12.8 Å². The zero-order chi connectivity index (χ0) is 14.6. The summed E-state index contributed by atoms with van der Waals surface area (Å²) in [5, 5.41) is 4.63. The van der Waals surface area contributed by atoms with Crippen molar-refractivity contribution in [1.82, 2.24) is 20.2 Å². The van der Waals surface area contributed by atoms with Crippen LogP contribution in [0.15, 0.2) is 15.8 Å². The van der Waals surface area contributed by atoms with Crippen molar-refractivity contribution in [3.05, 3.63) is 32.6 Å². The monoisotopic (exact) mass is 268 g/mol. The molecule has 2 heterocycles. The summed E-state index contributed by atoms with van der Waals surface area (Å²) in [6.07, 6.45) is 1.50. The van der Waals surface area contributed by atoms with Gasteiger partial charge in [-0.2, -0.15) is 0 Å².